The lowest BCUT2D eigenvalue weighted by atomic mass is 10.0. The van der Waals surface area contributed by atoms with E-state index in [1.165, 1.54) is 7.11 Å². The summed E-state index contributed by atoms with van der Waals surface area (Å²) in [5.41, 5.74) is 0.627. The van der Waals surface area contributed by atoms with Gasteiger partial charge in [0.05, 0.1) is 12.7 Å². The number of aryl methyl sites for hydroxylation is 1. The van der Waals surface area contributed by atoms with E-state index in [0.717, 1.165) is 0 Å². The fraction of sp³-hybridized carbons (Fsp3) is 0.200. The fourth-order valence-corrected chi connectivity index (χ4v) is 1.24. The number of methoxy groups -OCH3 is 1. The Balaban J connectivity index is 3.53. The van der Waals surface area contributed by atoms with Crippen molar-refractivity contribution in [1.82, 2.24) is 0 Å². The van der Waals surface area contributed by atoms with Gasteiger partial charge in [-0.3, -0.25) is 0 Å². The molecule has 1 aromatic carbocycles. The molecular weight excluding hydrogens is 182 g/mol. The Hall–Kier alpha value is -2.02. The zero-order valence-electron chi connectivity index (χ0n) is 7.87. The summed E-state index contributed by atoms with van der Waals surface area (Å²) in [6, 6.07) is 5.03. The molecule has 72 valence electrons. The SMILES string of the molecule is COc1ccc(C)c(C(=O)O)c1C#N. The van der Waals surface area contributed by atoms with Crippen molar-refractivity contribution in [3.8, 4) is 11.8 Å². The van der Waals surface area contributed by atoms with Gasteiger partial charge in [-0.2, -0.15) is 5.26 Å². The molecule has 4 nitrogen and oxygen atoms in total. The predicted octanol–water partition coefficient (Wildman–Crippen LogP) is 1.57. The molecule has 0 bridgehead atoms. The van der Waals surface area contributed by atoms with Crippen molar-refractivity contribution in [2.24, 2.45) is 0 Å². The van der Waals surface area contributed by atoms with Gasteiger partial charge in [-0.25, -0.2) is 4.79 Å². The van der Waals surface area contributed by atoms with Crippen molar-refractivity contribution in [2.75, 3.05) is 7.11 Å². The minimum Gasteiger partial charge on any atom is -0.495 e. The summed E-state index contributed by atoms with van der Waals surface area (Å²) in [6.07, 6.45) is 0. The summed E-state index contributed by atoms with van der Waals surface area (Å²) in [7, 11) is 1.40. The molecule has 0 radical (unpaired) electrons. The number of benzene rings is 1. The lowest BCUT2D eigenvalue weighted by Gasteiger charge is -2.07. The first-order chi connectivity index (χ1) is 6.61. The number of aromatic carboxylic acids is 1. The van der Waals surface area contributed by atoms with Gasteiger partial charge in [0, 0.05) is 0 Å². The zero-order valence-corrected chi connectivity index (χ0v) is 7.87. The van der Waals surface area contributed by atoms with Gasteiger partial charge in [0.15, 0.2) is 0 Å². The Kier molecular flexibility index (Phi) is 2.73. The summed E-state index contributed by atoms with van der Waals surface area (Å²) in [5.74, 6) is -0.826. The molecule has 1 rings (SSSR count). The molecule has 0 unspecified atom stereocenters. The normalized spacial score (nSPS) is 9.21. The fourth-order valence-electron chi connectivity index (χ4n) is 1.24. The highest BCUT2D eigenvalue weighted by atomic mass is 16.5. The summed E-state index contributed by atoms with van der Waals surface area (Å²) >= 11 is 0. The van der Waals surface area contributed by atoms with E-state index in [9.17, 15) is 4.79 Å². The molecule has 0 fully saturated rings. The largest absolute Gasteiger partial charge is 0.495 e. The Morgan fingerprint density at radius 3 is 2.64 bits per heavy atom. The lowest BCUT2D eigenvalue weighted by Crippen LogP contribution is -2.05. The Labute approximate surface area is 81.4 Å². The van der Waals surface area contributed by atoms with Crippen LogP contribution in [-0.4, -0.2) is 18.2 Å². The second-order valence-electron chi connectivity index (χ2n) is 2.75. The van der Waals surface area contributed by atoms with Crippen LogP contribution in [0.15, 0.2) is 12.1 Å². The van der Waals surface area contributed by atoms with E-state index in [0.29, 0.717) is 5.56 Å². The van der Waals surface area contributed by atoms with Gasteiger partial charge < -0.3 is 9.84 Å². The molecule has 0 aromatic heterocycles. The maximum absolute atomic E-state index is 10.9. The molecule has 0 aliphatic rings. The van der Waals surface area contributed by atoms with Crippen LogP contribution in [0.5, 0.6) is 5.75 Å². The van der Waals surface area contributed by atoms with Crippen molar-refractivity contribution in [3.63, 3.8) is 0 Å². The number of hydrogen-bond donors (Lipinski definition) is 1. The number of nitrogens with zero attached hydrogens (tertiary/aromatic N) is 1. The highest BCUT2D eigenvalue weighted by molar-refractivity contribution is 5.93. The third-order valence-electron chi connectivity index (χ3n) is 1.92. The third-order valence-corrected chi connectivity index (χ3v) is 1.92. The number of nitriles is 1. The monoisotopic (exact) mass is 191 g/mol. The van der Waals surface area contributed by atoms with Crippen LogP contribution in [0.25, 0.3) is 0 Å². The van der Waals surface area contributed by atoms with Gasteiger partial charge in [-0.1, -0.05) is 6.07 Å². The smallest absolute Gasteiger partial charge is 0.337 e. The Morgan fingerprint density at radius 2 is 2.21 bits per heavy atom. The maximum Gasteiger partial charge on any atom is 0.337 e. The van der Waals surface area contributed by atoms with E-state index in [4.69, 9.17) is 15.1 Å². The van der Waals surface area contributed by atoms with Crippen LogP contribution in [0.2, 0.25) is 0 Å². The van der Waals surface area contributed by atoms with Crippen LogP contribution < -0.4 is 4.74 Å². The van der Waals surface area contributed by atoms with E-state index in [1.54, 1.807) is 19.1 Å². The number of carboxylic acid groups (broad SMARTS) is 1. The lowest BCUT2D eigenvalue weighted by molar-refractivity contribution is 0.0695. The van der Waals surface area contributed by atoms with E-state index >= 15 is 0 Å². The maximum atomic E-state index is 10.9. The zero-order chi connectivity index (χ0) is 10.7. The van der Waals surface area contributed by atoms with E-state index < -0.39 is 5.97 Å². The average molecular weight is 191 g/mol. The first-order valence-corrected chi connectivity index (χ1v) is 3.92. The molecule has 0 saturated carbocycles. The standard InChI is InChI=1S/C10H9NO3/c1-6-3-4-8(14-2)7(5-11)9(6)10(12)13/h3-4H,1-2H3,(H,12,13). The van der Waals surface area contributed by atoms with Crippen LogP contribution in [0.1, 0.15) is 21.5 Å². The molecular formula is C10H9NO3. The van der Waals surface area contributed by atoms with Gasteiger partial charge in [0.2, 0.25) is 0 Å². The molecule has 0 spiro atoms. The second-order valence-corrected chi connectivity index (χ2v) is 2.75. The average Bonchev–Trinajstić information content (AvgIpc) is 2.16. The minimum absolute atomic E-state index is 0.00634. The third kappa shape index (κ3) is 1.52. The van der Waals surface area contributed by atoms with Gasteiger partial charge in [0.25, 0.3) is 0 Å². The number of carbonyl (C=O) groups is 1. The van der Waals surface area contributed by atoms with Crippen molar-refractivity contribution in [2.45, 2.75) is 6.92 Å². The number of rotatable bonds is 2. The van der Waals surface area contributed by atoms with Gasteiger partial charge >= 0.3 is 5.97 Å². The summed E-state index contributed by atoms with van der Waals surface area (Å²) in [6.45, 7) is 1.64. The van der Waals surface area contributed by atoms with Crippen molar-refractivity contribution in [1.29, 1.82) is 5.26 Å². The van der Waals surface area contributed by atoms with Crippen molar-refractivity contribution < 1.29 is 14.6 Å². The molecule has 0 aliphatic heterocycles. The van der Waals surface area contributed by atoms with Crippen molar-refractivity contribution >= 4 is 5.97 Å². The Morgan fingerprint density at radius 1 is 1.57 bits per heavy atom. The van der Waals surface area contributed by atoms with E-state index in [-0.39, 0.29) is 16.9 Å². The molecule has 0 heterocycles. The van der Waals surface area contributed by atoms with Crippen LogP contribution >= 0.6 is 0 Å². The molecule has 4 heteroatoms. The first-order valence-electron chi connectivity index (χ1n) is 3.92. The minimum atomic E-state index is -1.11. The highest BCUT2D eigenvalue weighted by Gasteiger charge is 2.17. The van der Waals surface area contributed by atoms with Gasteiger partial charge in [-0.15, -0.1) is 0 Å². The number of carboxylic acids is 1. The summed E-state index contributed by atoms with van der Waals surface area (Å²) in [4.78, 5) is 10.9. The number of hydrogen-bond acceptors (Lipinski definition) is 3. The molecule has 1 N–H and O–H groups in total. The summed E-state index contributed by atoms with van der Waals surface area (Å²) in [5, 5.41) is 17.7. The highest BCUT2D eigenvalue weighted by Crippen LogP contribution is 2.24. The van der Waals surface area contributed by atoms with Crippen LogP contribution in [-0.2, 0) is 0 Å². The molecule has 1 aromatic rings. The summed E-state index contributed by atoms with van der Waals surface area (Å²) < 4.78 is 4.90. The van der Waals surface area contributed by atoms with Crippen LogP contribution in [0.3, 0.4) is 0 Å². The molecule has 0 aliphatic carbocycles. The molecule has 0 amide bonds. The van der Waals surface area contributed by atoms with Crippen LogP contribution in [0, 0.1) is 18.3 Å². The molecule has 0 saturated heterocycles. The van der Waals surface area contributed by atoms with Crippen molar-refractivity contribution in [3.05, 3.63) is 28.8 Å². The van der Waals surface area contributed by atoms with Crippen LogP contribution in [0.4, 0.5) is 0 Å². The molecule has 14 heavy (non-hydrogen) atoms. The van der Waals surface area contributed by atoms with E-state index in [1.807, 2.05) is 6.07 Å². The second kappa shape index (κ2) is 3.79. The topological polar surface area (TPSA) is 70.3 Å². The van der Waals surface area contributed by atoms with Gasteiger partial charge in [-0.05, 0) is 18.6 Å². The predicted molar refractivity (Wildman–Crippen MR) is 49.4 cm³/mol. The molecule has 0 atom stereocenters. The van der Waals surface area contributed by atoms with Gasteiger partial charge in [0.1, 0.15) is 17.4 Å². The first kappa shape index (κ1) is 10.1. The quantitative estimate of drug-likeness (QED) is 0.770. The number of ether oxygens (including phenoxy) is 1. The Bertz CT molecular complexity index is 418. The van der Waals surface area contributed by atoms with E-state index in [2.05, 4.69) is 0 Å².